The molecular weight excluding hydrogens is 165 g/mol. The van der Waals surface area contributed by atoms with Gasteiger partial charge in [0.25, 0.3) is 0 Å². The SMILES string of the molecule is Cc1ccc(F)cc1CN1CCC1. The molecule has 0 spiro atoms. The second-order valence-corrected chi connectivity index (χ2v) is 3.70. The van der Waals surface area contributed by atoms with Crippen LogP contribution in [-0.2, 0) is 6.54 Å². The van der Waals surface area contributed by atoms with Crippen molar-refractivity contribution in [1.29, 1.82) is 0 Å². The lowest BCUT2D eigenvalue weighted by atomic mass is 10.1. The molecule has 1 fully saturated rings. The van der Waals surface area contributed by atoms with Crippen molar-refractivity contribution < 1.29 is 4.39 Å². The molecule has 0 amide bonds. The Morgan fingerprint density at radius 2 is 2.15 bits per heavy atom. The zero-order chi connectivity index (χ0) is 9.26. The Balaban J connectivity index is 2.13. The van der Waals surface area contributed by atoms with Crippen molar-refractivity contribution in [2.45, 2.75) is 19.9 Å². The van der Waals surface area contributed by atoms with Crippen LogP contribution in [0.25, 0.3) is 0 Å². The first-order valence-electron chi connectivity index (χ1n) is 4.73. The fraction of sp³-hybridized carbons (Fsp3) is 0.455. The zero-order valence-corrected chi connectivity index (χ0v) is 7.89. The fourth-order valence-electron chi connectivity index (χ4n) is 1.59. The minimum Gasteiger partial charge on any atom is -0.299 e. The van der Waals surface area contributed by atoms with E-state index in [2.05, 4.69) is 4.90 Å². The highest BCUT2D eigenvalue weighted by Gasteiger charge is 2.14. The van der Waals surface area contributed by atoms with Gasteiger partial charge in [-0.1, -0.05) is 6.07 Å². The van der Waals surface area contributed by atoms with Crippen LogP contribution in [0.1, 0.15) is 17.5 Å². The van der Waals surface area contributed by atoms with Crippen LogP contribution >= 0.6 is 0 Å². The maximum atomic E-state index is 12.9. The lowest BCUT2D eigenvalue weighted by Gasteiger charge is -2.31. The molecule has 0 radical (unpaired) electrons. The highest BCUT2D eigenvalue weighted by Crippen LogP contribution is 2.16. The summed E-state index contributed by atoms with van der Waals surface area (Å²) >= 11 is 0. The average Bonchev–Trinajstić information content (AvgIpc) is 2.03. The van der Waals surface area contributed by atoms with Gasteiger partial charge in [-0.25, -0.2) is 4.39 Å². The number of aryl methyl sites for hydroxylation is 1. The summed E-state index contributed by atoms with van der Waals surface area (Å²) in [5.41, 5.74) is 2.31. The van der Waals surface area contributed by atoms with E-state index in [9.17, 15) is 4.39 Å². The predicted molar refractivity (Wildman–Crippen MR) is 51.0 cm³/mol. The van der Waals surface area contributed by atoms with Crippen molar-refractivity contribution in [1.82, 2.24) is 4.90 Å². The highest BCUT2D eigenvalue weighted by molar-refractivity contribution is 5.26. The first-order valence-corrected chi connectivity index (χ1v) is 4.73. The first-order chi connectivity index (χ1) is 6.25. The molecule has 1 aliphatic heterocycles. The average molecular weight is 179 g/mol. The maximum Gasteiger partial charge on any atom is 0.123 e. The van der Waals surface area contributed by atoms with E-state index >= 15 is 0 Å². The minimum absolute atomic E-state index is 0.124. The predicted octanol–water partition coefficient (Wildman–Crippen LogP) is 2.34. The van der Waals surface area contributed by atoms with Crippen LogP contribution in [-0.4, -0.2) is 18.0 Å². The number of hydrogen-bond donors (Lipinski definition) is 0. The quantitative estimate of drug-likeness (QED) is 0.673. The number of rotatable bonds is 2. The van der Waals surface area contributed by atoms with Crippen LogP contribution < -0.4 is 0 Å². The second kappa shape index (κ2) is 3.46. The third-order valence-electron chi connectivity index (χ3n) is 2.65. The van der Waals surface area contributed by atoms with E-state index in [-0.39, 0.29) is 5.82 Å². The molecular formula is C11H14FN. The number of nitrogens with zero attached hydrogens (tertiary/aromatic N) is 1. The molecule has 0 bridgehead atoms. The molecule has 2 heteroatoms. The summed E-state index contributed by atoms with van der Waals surface area (Å²) in [6.45, 7) is 5.27. The van der Waals surface area contributed by atoms with E-state index in [1.54, 1.807) is 6.07 Å². The van der Waals surface area contributed by atoms with Crippen LogP contribution in [0.4, 0.5) is 4.39 Å². The Morgan fingerprint density at radius 1 is 1.38 bits per heavy atom. The molecule has 2 rings (SSSR count). The van der Waals surface area contributed by atoms with Gasteiger partial charge >= 0.3 is 0 Å². The van der Waals surface area contributed by atoms with E-state index in [0.29, 0.717) is 0 Å². The molecule has 13 heavy (non-hydrogen) atoms. The Bertz CT molecular complexity index is 305. The van der Waals surface area contributed by atoms with Crippen molar-refractivity contribution in [3.63, 3.8) is 0 Å². The lowest BCUT2D eigenvalue weighted by Crippen LogP contribution is -2.36. The molecule has 0 N–H and O–H groups in total. The van der Waals surface area contributed by atoms with Crippen molar-refractivity contribution >= 4 is 0 Å². The van der Waals surface area contributed by atoms with Crippen molar-refractivity contribution in [2.24, 2.45) is 0 Å². The summed E-state index contributed by atoms with van der Waals surface area (Å²) in [5, 5.41) is 0. The molecule has 1 aromatic rings. The Labute approximate surface area is 78.2 Å². The van der Waals surface area contributed by atoms with Gasteiger partial charge in [0.15, 0.2) is 0 Å². The minimum atomic E-state index is -0.124. The number of hydrogen-bond acceptors (Lipinski definition) is 1. The fourth-order valence-corrected chi connectivity index (χ4v) is 1.59. The van der Waals surface area contributed by atoms with Gasteiger partial charge in [-0.3, -0.25) is 4.90 Å². The Morgan fingerprint density at radius 3 is 2.77 bits per heavy atom. The second-order valence-electron chi connectivity index (χ2n) is 3.70. The molecule has 0 unspecified atom stereocenters. The van der Waals surface area contributed by atoms with E-state index in [1.807, 2.05) is 13.0 Å². The van der Waals surface area contributed by atoms with Crippen molar-refractivity contribution in [3.8, 4) is 0 Å². The summed E-state index contributed by atoms with van der Waals surface area (Å²) < 4.78 is 12.9. The molecule has 0 atom stereocenters. The molecule has 1 heterocycles. The summed E-state index contributed by atoms with van der Waals surface area (Å²) in [5.74, 6) is -0.124. The van der Waals surface area contributed by atoms with Gasteiger partial charge in [-0.15, -0.1) is 0 Å². The van der Waals surface area contributed by atoms with Gasteiger partial charge < -0.3 is 0 Å². The van der Waals surface area contributed by atoms with Crippen molar-refractivity contribution in [3.05, 3.63) is 35.1 Å². The van der Waals surface area contributed by atoms with E-state index in [0.717, 1.165) is 25.2 Å². The van der Waals surface area contributed by atoms with E-state index in [1.165, 1.54) is 18.1 Å². The smallest absolute Gasteiger partial charge is 0.123 e. The van der Waals surface area contributed by atoms with Gasteiger partial charge in [0.05, 0.1) is 0 Å². The molecule has 1 nitrogen and oxygen atoms in total. The van der Waals surface area contributed by atoms with Crippen LogP contribution in [0.5, 0.6) is 0 Å². The van der Waals surface area contributed by atoms with Gasteiger partial charge in [-0.2, -0.15) is 0 Å². The monoisotopic (exact) mass is 179 g/mol. The van der Waals surface area contributed by atoms with Crippen LogP contribution in [0.2, 0.25) is 0 Å². The van der Waals surface area contributed by atoms with Gasteiger partial charge in [0.1, 0.15) is 5.82 Å². The molecule has 0 aliphatic carbocycles. The van der Waals surface area contributed by atoms with E-state index < -0.39 is 0 Å². The molecule has 0 saturated carbocycles. The number of halogens is 1. The summed E-state index contributed by atoms with van der Waals surface area (Å²) in [7, 11) is 0. The normalized spacial score (nSPS) is 17.1. The standard InChI is InChI=1S/C11H14FN/c1-9-3-4-11(12)7-10(9)8-13-5-2-6-13/h3-4,7H,2,5-6,8H2,1H3. The van der Waals surface area contributed by atoms with Crippen LogP contribution in [0, 0.1) is 12.7 Å². The van der Waals surface area contributed by atoms with E-state index in [4.69, 9.17) is 0 Å². The van der Waals surface area contributed by atoms with Gasteiger partial charge in [0.2, 0.25) is 0 Å². The number of benzene rings is 1. The molecule has 1 saturated heterocycles. The number of likely N-dealkylation sites (tertiary alicyclic amines) is 1. The zero-order valence-electron chi connectivity index (χ0n) is 7.89. The molecule has 70 valence electrons. The summed E-state index contributed by atoms with van der Waals surface area (Å²) in [4.78, 5) is 2.34. The Hall–Kier alpha value is -0.890. The van der Waals surface area contributed by atoms with Gasteiger partial charge in [-0.05, 0) is 49.7 Å². The Kier molecular flexibility index (Phi) is 2.32. The first kappa shape index (κ1) is 8.70. The topological polar surface area (TPSA) is 3.24 Å². The molecule has 0 aromatic heterocycles. The summed E-state index contributed by atoms with van der Waals surface area (Å²) in [6, 6.07) is 5.02. The largest absolute Gasteiger partial charge is 0.299 e. The van der Waals surface area contributed by atoms with Gasteiger partial charge in [0, 0.05) is 6.54 Å². The third kappa shape index (κ3) is 1.89. The highest BCUT2D eigenvalue weighted by atomic mass is 19.1. The third-order valence-corrected chi connectivity index (χ3v) is 2.65. The molecule has 1 aliphatic rings. The summed E-state index contributed by atoms with van der Waals surface area (Å²) in [6.07, 6.45) is 1.29. The van der Waals surface area contributed by atoms with Crippen LogP contribution in [0.15, 0.2) is 18.2 Å². The van der Waals surface area contributed by atoms with Crippen molar-refractivity contribution in [2.75, 3.05) is 13.1 Å². The lowest BCUT2D eigenvalue weighted by molar-refractivity contribution is 0.172. The van der Waals surface area contributed by atoms with Crippen LogP contribution in [0.3, 0.4) is 0 Å². The molecule has 1 aromatic carbocycles. The maximum absolute atomic E-state index is 12.9.